The van der Waals surface area contributed by atoms with E-state index in [0.717, 1.165) is 29.6 Å². The molecule has 124 valence electrons. The van der Waals surface area contributed by atoms with E-state index >= 15 is 0 Å². The van der Waals surface area contributed by atoms with E-state index in [0.29, 0.717) is 10.8 Å². The minimum absolute atomic E-state index is 0.581. The van der Waals surface area contributed by atoms with Crippen LogP contribution in [0.2, 0.25) is 0 Å². The van der Waals surface area contributed by atoms with Crippen molar-refractivity contribution in [3.8, 4) is 0 Å². The van der Waals surface area contributed by atoms with Crippen LogP contribution < -0.4 is 0 Å². The largest absolute Gasteiger partial charge is 0.0894 e. The maximum absolute atomic E-state index is 4.34. The molecule has 4 rings (SSSR count). The van der Waals surface area contributed by atoms with Crippen molar-refractivity contribution in [3.63, 3.8) is 0 Å². The highest BCUT2D eigenvalue weighted by molar-refractivity contribution is 14.1. The van der Waals surface area contributed by atoms with Crippen LogP contribution in [0.5, 0.6) is 0 Å². The fraction of sp³-hybridized carbons (Fsp3) is 0.905. The van der Waals surface area contributed by atoms with Gasteiger partial charge in [0, 0.05) is 0 Å². The number of allylic oxidation sites excluding steroid dienone is 1. The molecule has 0 aromatic carbocycles. The van der Waals surface area contributed by atoms with E-state index in [-0.39, 0.29) is 0 Å². The zero-order chi connectivity index (χ0) is 15.5. The minimum atomic E-state index is 0.581. The molecule has 0 bridgehead atoms. The summed E-state index contributed by atoms with van der Waals surface area (Å²) in [5.74, 6) is 4.95. The summed E-state index contributed by atoms with van der Waals surface area (Å²) in [7, 11) is 0. The van der Waals surface area contributed by atoms with Gasteiger partial charge in [-0.15, -0.1) is 0 Å². The second-order valence-electron chi connectivity index (χ2n) is 9.52. The SMILES string of the molecule is C=C(I)[C@H]1CC[C@H]2[C@@H]3CCC4CCCC[C@]4(C)[C@H]3CC[C@]12C. The van der Waals surface area contributed by atoms with Gasteiger partial charge < -0.3 is 0 Å². The normalized spacial score (nSPS) is 54.2. The summed E-state index contributed by atoms with van der Waals surface area (Å²) in [6, 6.07) is 0. The monoisotopic (exact) mass is 412 g/mol. The van der Waals surface area contributed by atoms with Crippen LogP contribution in [0.3, 0.4) is 0 Å². The van der Waals surface area contributed by atoms with Gasteiger partial charge in [-0.25, -0.2) is 0 Å². The predicted octanol–water partition coefficient (Wildman–Crippen LogP) is 6.98. The molecule has 0 aliphatic heterocycles. The summed E-state index contributed by atoms with van der Waals surface area (Å²) in [6.45, 7) is 9.67. The van der Waals surface area contributed by atoms with Crippen molar-refractivity contribution < 1.29 is 0 Å². The Morgan fingerprint density at radius 3 is 2.41 bits per heavy atom. The van der Waals surface area contributed by atoms with Gasteiger partial charge >= 0.3 is 0 Å². The molecule has 0 aromatic heterocycles. The fourth-order valence-corrected chi connectivity index (χ4v) is 8.83. The van der Waals surface area contributed by atoms with Crippen molar-refractivity contribution in [3.05, 3.63) is 10.2 Å². The third-order valence-corrected chi connectivity index (χ3v) is 9.71. The topological polar surface area (TPSA) is 0 Å². The second kappa shape index (κ2) is 5.49. The average molecular weight is 412 g/mol. The van der Waals surface area contributed by atoms with Crippen molar-refractivity contribution >= 4 is 22.6 Å². The Balaban J connectivity index is 1.63. The molecular weight excluding hydrogens is 379 g/mol. The molecule has 0 amide bonds. The van der Waals surface area contributed by atoms with E-state index in [2.05, 4.69) is 43.0 Å². The maximum Gasteiger partial charge on any atom is -0.00529 e. The van der Waals surface area contributed by atoms with Gasteiger partial charge in [0.15, 0.2) is 0 Å². The molecule has 0 heterocycles. The summed E-state index contributed by atoms with van der Waals surface area (Å²) < 4.78 is 1.44. The van der Waals surface area contributed by atoms with Crippen molar-refractivity contribution in [2.45, 2.75) is 78.1 Å². The minimum Gasteiger partial charge on any atom is -0.0894 e. The van der Waals surface area contributed by atoms with Crippen molar-refractivity contribution in [2.75, 3.05) is 0 Å². The standard InChI is InChI=1S/C21H33I/c1-14(22)17-9-10-18-16-8-7-15-6-4-5-12-20(15,2)19(16)11-13-21(17,18)3/h15-19H,1,4-13H2,2-3H3/t15?,16-,17+,18-,19-,20-,21+/m0/s1. The Morgan fingerprint density at radius 2 is 1.64 bits per heavy atom. The Bertz CT molecular complexity index is 469. The highest BCUT2D eigenvalue weighted by Crippen LogP contribution is 2.68. The van der Waals surface area contributed by atoms with Crippen LogP contribution in [0.15, 0.2) is 10.2 Å². The Morgan fingerprint density at radius 1 is 0.864 bits per heavy atom. The van der Waals surface area contributed by atoms with Crippen LogP contribution in [0.4, 0.5) is 0 Å². The quantitative estimate of drug-likeness (QED) is 0.408. The van der Waals surface area contributed by atoms with Crippen LogP contribution in [-0.4, -0.2) is 0 Å². The van der Waals surface area contributed by atoms with Gasteiger partial charge in [-0.1, -0.05) is 33.3 Å². The summed E-state index contributed by atoms with van der Waals surface area (Å²) >= 11 is 2.53. The van der Waals surface area contributed by atoms with Gasteiger partial charge in [0.1, 0.15) is 0 Å². The smallest absolute Gasteiger partial charge is 0.00529 e. The van der Waals surface area contributed by atoms with Gasteiger partial charge in [-0.2, -0.15) is 0 Å². The first-order chi connectivity index (χ1) is 10.5. The van der Waals surface area contributed by atoms with E-state index in [1.807, 2.05) is 0 Å². The summed E-state index contributed by atoms with van der Waals surface area (Å²) in [6.07, 6.45) is 15.1. The zero-order valence-corrected chi connectivity index (χ0v) is 16.7. The third-order valence-electron chi connectivity index (χ3n) is 8.96. The Hall–Kier alpha value is 0.470. The molecule has 22 heavy (non-hydrogen) atoms. The van der Waals surface area contributed by atoms with Gasteiger partial charge in [-0.05, 0) is 118 Å². The van der Waals surface area contributed by atoms with E-state index in [4.69, 9.17) is 0 Å². The first-order valence-electron chi connectivity index (χ1n) is 9.81. The lowest BCUT2D eigenvalue weighted by Gasteiger charge is -2.60. The molecule has 0 nitrogen and oxygen atoms in total. The van der Waals surface area contributed by atoms with Crippen LogP contribution in [0, 0.1) is 40.4 Å². The first-order valence-corrected chi connectivity index (χ1v) is 10.9. The Kier molecular flexibility index (Phi) is 3.99. The highest BCUT2D eigenvalue weighted by atomic mass is 127. The number of halogens is 1. The molecule has 0 spiro atoms. The van der Waals surface area contributed by atoms with Crippen LogP contribution in [0.1, 0.15) is 78.1 Å². The van der Waals surface area contributed by atoms with E-state index in [1.165, 1.54) is 54.9 Å². The second-order valence-corrected chi connectivity index (χ2v) is 10.9. The number of hydrogen-bond donors (Lipinski definition) is 0. The molecule has 0 saturated heterocycles. The average Bonchev–Trinajstić information content (AvgIpc) is 2.84. The lowest BCUT2D eigenvalue weighted by atomic mass is 9.45. The van der Waals surface area contributed by atoms with E-state index in [1.54, 1.807) is 12.8 Å². The summed E-state index contributed by atoms with van der Waals surface area (Å²) in [5, 5.41) is 0. The number of hydrogen-bond acceptors (Lipinski definition) is 0. The Labute approximate surface area is 151 Å². The molecular formula is C21H33I. The van der Waals surface area contributed by atoms with Crippen molar-refractivity contribution in [1.82, 2.24) is 0 Å². The van der Waals surface area contributed by atoms with E-state index in [9.17, 15) is 0 Å². The summed E-state index contributed by atoms with van der Waals surface area (Å²) in [4.78, 5) is 0. The van der Waals surface area contributed by atoms with E-state index < -0.39 is 0 Å². The molecule has 1 unspecified atom stereocenters. The molecule has 0 N–H and O–H groups in total. The summed E-state index contributed by atoms with van der Waals surface area (Å²) in [5.41, 5.74) is 1.28. The van der Waals surface area contributed by atoms with Crippen LogP contribution in [-0.2, 0) is 0 Å². The molecule has 7 atom stereocenters. The van der Waals surface area contributed by atoms with Gasteiger partial charge in [-0.3, -0.25) is 0 Å². The molecule has 4 aliphatic rings. The fourth-order valence-electron chi connectivity index (χ4n) is 7.81. The number of fused-ring (bicyclic) bond motifs is 5. The van der Waals surface area contributed by atoms with Crippen molar-refractivity contribution in [1.29, 1.82) is 0 Å². The molecule has 4 fully saturated rings. The molecule has 4 saturated carbocycles. The number of rotatable bonds is 1. The first kappa shape index (κ1) is 16.0. The zero-order valence-electron chi connectivity index (χ0n) is 14.5. The predicted molar refractivity (Wildman–Crippen MR) is 103 cm³/mol. The van der Waals surface area contributed by atoms with Crippen molar-refractivity contribution in [2.24, 2.45) is 40.4 Å². The highest BCUT2D eigenvalue weighted by Gasteiger charge is 2.59. The maximum atomic E-state index is 4.34. The molecule has 0 aromatic rings. The molecule has 1 heteroatoms. The van der Waals surface area contributed by atoms with Crippen LogP contribution in [0.25, 0.3) is 0 Å². The van der Waals surface area contributed by atoms with Gasteiger partial charge in [0.05, 0.1) is 0 Å². The van der Waals surface area contributed by atoms with Gasteiger partial charge in [0.2, 0.25) is 0 Å². The van der Waals surface area contributed by atoms with Crippen LogP contribution >= 0.6 is 22.6 Å². The lowest BCUT2D eigenvalue weighted by molar-refractivity contribution is -0.107. The third kappa shape index (κ3) is 2.12. The molecule has 0 radical (unpaired) electrons. The molecule has 4 aliphatic carbocycles. The lowest BCUT2D eigenvalue weighted by Crippen LogP contribution is -2.52. The van der Waals surface area contributed by atoms with Gasteiger partial charge in [0.25, 0.3) is 0 Å².